The van der Waals surface area contributed by atoms with Crippen molar-refractivity contribution in [2.45, 2.75) is 45.4 Å². The predicted molar refractivity (Wildman–Crippen MR) is 74.5 cm³/mol. The van der Waals surface area contributed by atoms with E-state index in [-0.39, 0.29) is 25.0 Å². The van der Waals surface area contributed by atoms with Gasteiger partial charge in [0, 0.05) is 19.1 Å². The summed E-state index contributed by atoms with van der Waals surface area (Å²) in [5, 5.41) is 12.3. The fraction of sp³-hybridized carbons (Fsp3) is 1.00. The molecule has 6 nitrogen and oxygen atoms in total. The molecule has 1 heterocycles. The standard InChI is InChI=1S/C12H26N2O4S/c1-10(2)13-5-4-6-19(16,17)14-7-11(3)18-12(8-14)9-15/h10-13,15H,4-9H2,1-3H3. The van der Waals surface area contributed by atoms with Crippen molar-refractivity contribution in [1.29, 1.82) is 0 Å². The lowest BCUT2D eigenvalue weighted by Gasteiger charge is -2.35. The zero-order valence-electron chi connectivity index (χ0n) is 12.0. The van der Waals surface area contributed by atoms with Crippen LogP contribution in [0.2, 0.25) is 0 Å². The Morgan fingerprint density at radius 1 is 1.42 bits per heavy atom. The van der Waals surface area contributed by atoms with Gasteiger partial charge in [-0.15, -0.1) is 0 Å². The molecule has 0 spiro atoms. The van der Waals surface area contributed by atoms with Crippen LogP contribution in [0, 0.1) is 0 Å². The molecule has 19 heavy (non-hydrogen) atoms. The molecular formula is C12H26N2O4S. The molecule has 7 heteroatoms. The van der Waals surface area contributed by atoms with Gasteiger partial charge in [0.25, 0.3) is 0 Å². The van der Waals surface area contributed by atoms with Crippen molar-refractivity contribution < 1.29 is 18.3 Å². The van der Waals surface area contributed by atoms with Crippen molar-refractivity contribution in [2.24, 2.45) is 0 Å². The van der Waals surface area contributed by atoms with E-state index in [0.717, 1.165) is 0 Å². The van der Waals surface area contributed by atoms with E-state index in [1.807, 2.05) is 20.8 Å². The van der Waals surface area contributed by atoms with Gasteiger partial charge < -0.3 is 15.2 Å². The lowest BCUT2D eigenvalue weighted by Crippen LogP contribution is -2.51. The van der Waals surface area contributed by atoms with Gasteiger partial charge in [0.05, 0.1) is 24.6 Å². The molecule has 0 aliphatic carbocycles. The van der Waals surface area contributed by atoms with Gasteiger partial charge in [-0.25, -0.2) is 8.42 Å². The summed E-state index contributed by atoms with van der Waals surface area (Å²) < 4.78 is 31.3. The van der Waals surface area contributed by atoms with Crippen molar-refractivity contribution in [2.75, 3.05) is 32.0 Å². The molecule has 114 valence electrons. The average molecular weight is 294 g/mol. The zero-order chi connectivity index (χ0) is 14.5. The van der Waals surface area contributed by atoms with Crippen LogP contribution in [0.3, 0.4) is 0 Å². The summed E-state index contributed by atoms with van der Waals surface area (Å²) in [4.78, 5) is 0. The second-order valence-electron chi connectivity index (χ2n) is 5.35. The quantitative estimate of drug-likeness (QED) is 0.635. The molecule has 1 saturated heterocycles. The lowest BCUT2D eigenvalue weighted by molar-refractivity contribution is -0.0750. The van der Waals surface area contributed by atoms with Gasteiger partial charge in [-0.1, -0.05) is 13.8 Å². The van der Waals surface area contributed by atoms with Crippen LogP contribution < -0.4 is 5.32 Å². The normalized spacial score (nSPS) is 25.9. The van der Waals surface area contributed by atoms with Gasteiger partial charge in [0.1, 0.15) is 0 Å². The molecule has 2 unspecified atom stereocenters. The van der Waals surface area contributed by atoms with Gasteiger partial charge in [-0.2, -0.15) is 4.31 Å². The Morgan fingerprint density at radius 2 is 2.11 bits per heavy atom. The van der Waals surface area contributed by atoms with Crippen molar-refractivity contribution >= 4 is 10.0 Å². The minimum Gasteiger partial charge on any atom is -0.394 e. The van der Waals surface area contributed by atoms with Crippen LogP contribution in [0.25, 0.3) is 0 Å². The van der Waals surface area contributed by atoms with Gasteiger partial charge >= 0.3 is 0 Å². The fourth-order valence-electron chi connectivity index (χ4n) is 2.11. The van der Waals surface area contributed by atoms with Crippen molar-refractivity contribution in [3.05, 3.63) is 0 Å². The van der Waals surface area contributed by atoms with Crippen molar-refractivity contribution in [3.8, 4) is 0 Å². The number of morpholine rings is 1. The molecule has 0 aromatic carbocycles. The maximum absolute atomic E-state index is 12.2. The van der Waals surface area contributed by atoms with E-state index in [9.17, 15) is 8.42 Å². The summed E-state index contributed by atoms with van der Waals surface area (Å²) in [5.74, 6) is 0.136. The Kier molecular flexibility index (Phi) is 6.68. The van der Waals surface area contributed by atoms with Crippen LogP contribution in [0.1, 0.15) is 27.2 Å². The smallest absolute Gasteiger partial charge is 0.214 e. The van der Waals surface area contributed by atoms with Gasteiger partial charge in [0.15, 0.2) is 0 Å². The topological polar surface area (TPSA) is 78.9 Å². The summed E-state index contributed by atoms with van der Waals surface area (Å²) in [5.41, 5.74) is 0. The Bertz CT molecular complexity index is 359. The number of rotatable bonds is 7. The van der Waals surface area contributed by atoms with Gasteiger partial charge in [-0.05, 0) is 19.9 Å². The molecule has 0 radical (unpaired) electrons. The van der Waals surface area contributed by atoms with Crippen molar-refractivity contribution in [3.63, 3.8) is 0 Å². The third kappa shape index (κ3) is 5.74. The number of aliphatic hydroxyl groups excluding tert-OH is 1. The molecule has 0 aromatic rings. The molecule has 1 aliphatic heterocycles. The van der Waals surface area contributed by atoms with Gasteiger partial charge in [-0.3, -0.25) is 0 Å². The molecule has 0 aromatic heterocycles. The minimum atomic E-state index is -3.25. The number of nitrogens with zero attached hydrogens (tertiary/aromatic N) is 1. The summed E-state index contributed by atoms with van der Waals surface area (Å²) in [6.45, 7) is 7.06. The molecule has 1 aliphatic rings. The summed E-state index contributed by atoms with van der Waals surface area (Å²) in [6, 6.07) is 0.366. The largest absolute Gasteiger partial charge is 0.394 e. The molecule has 0 amide bonds. The van der Waals surface area contributed by atoms with E-state index >= 15 is 0 Å². The third-order valence-electron chi connectivity index (χ3n) is 3.02. The number of sulfonamides is 1. The van der Waals surface area contributed by atoms with Crippen LogP contribution in [0.15, 0.2) is 0 Å². The molecule has 1 rings (SSSR count). The van der Waals surface area contributed by atoms with E-state index in [2.05, 4.69) is 5.32 Å². The number of nitrogens with one attached hydrogen (secondary N) is 1. The molecule has 2 atom stereocenters. The van der Waals surface area contributed by atoms with Crippen molar-refractivity contribution in [1.82, 2.24) is 9.62 Å². The minimum absolute atomic E-state index is 0.136. The first kappa shape index (κ1) is 16.8. The summed E-state index contributed by atoms with van der Waals surface area (Å²) in [6.07, 6.45) is 0.0116. The highest BCUT2D eigenvalue weighted by molar-refractivity contribution is 7.89. The van der Waals surface area contributed by atoms with Crippen LogP contribution in [-0.2, 0) is 14.8 Å². The summed E-state index contributed by atoms with van der Waals surface area (Å²) in [7, 11) is -3.25. The highest BCUT2D eigenvalue weighted by atomic mass is 32.2. The van der Waals surface area contributed by atoms with Crippen LogP contribution >= 0.6 is 0 Å². The SMILES string of the molecule is CC(C)NCCCS(=O)(=O)N1CC(C)OC(CO)C1. The van der Waals surface area contributed by atoms with E-state index < -0.39 is 16.1 Å². The van der Waals surface area contributed by atoms with E-state index in [1.165, 1.54) is 4.31 Å². The van der Waals surface area contributed by atoms with Crippen LogP contribution in [0.5, 0.6) is 0 Å². The third-order valence-corrected chi connectivity index (χ3v) is 4.91. The second-order valence-corrected chi connectivity index (χ2v) is 7.44. The number of hydrogen-bond donors (Lipinski definition) is 2. The average Bonchev–Trinajstić information content (AvgIpc) is 2.33. The van der Waals surface area contributed by atoms with Crippen LogP contribution in [-0.4, -0.2) is 68.1 Å². The Morgan fingerprint density at radius 3 is 2.68 bits per heavy atom. The molecule has 0 bridgehead atoms. The predicted octanol–water partition coefficient (Wildman–Crippen LogP) is -0.214. The van der Waals surface area contributed by atoms with E-state index in [0.29, 0.717) is 25.6 Å². The molecule has 2 N–H and O–H groups in total. The Hall–Kier alpha value is -0.210. The fourth-order valence-corrected chi connectivity index (χ4v) is 3.70. The monoisotopic (exact) mass is 294 g/mol. The van der Waals surface area contributed by atoms with Crippen LogP contribution in [0.4, 0.5) is 0 Å². The Balaban J connectivity index is 2.47. The summed E-state index contributed by atoms with van der Waals surface area (Å²) >= 11 is 0. The lowest BCUT2D eigenvalue weighted by atomic mass is 10.2. The molecule has 0 saturated carbocycles. The van der Waals surface area contributed by atoms with Gasteiger partial charge in [0.2, 0.25) is 10.0 Å². The van der Waals surface area contributed by atoms with E-state index in [4.69, 9.17) is 9.84 Å². The maximum atomic E-state index is 12.2. The first-order valence-corrected chi connectivity index (χ1v) is 8.43. The molecule has 1 fully saturated rings. The maximum Gasteiger partial charge on any atom is 0.214 e. The Labute approximate surface area is 116 Å². The first-order chi connectivity index (χ1) is 8.85. The number of hydrogen-bond acceptors (Lipinski definition) is 5. The number of aliphatic hydroxyl groups is 1. The highest BCUT2D eigenvalue weighted by Crippen LogP contribution is 2.15. The first-order valence-electron chi connectivity index (χ1n) is 6.82. The highest BCUT2D eigenvalue weighted by Gasteiger charge is 2.32. The molecular weight excluding hydrogens is 268 g/mol. The second kappa shape index (κ2) is 7.54. The zero-order valence-corrected chi connectivity index (χ0v) is 12.8. The van der Waals surface area contributed by atoms with E-state index in [1.54, 1.807) is 0 Å². The number of ether oxygens (including phenoxy) is 1.